The van der Waals surface area contributed by atoms with E-state index in [1.807, 2.05) is 24.3 Å². The number of carbonyl (C=O) groups excluding carboxylic acids is 3. The molecule has 0 bridgehead atoms. The first-order valence-corrected chi connectivity index (χ1v) is 11.1. The van der Waals surface area contributed by atoms with Gasteiger partial charge in [0.2, 0.25) is 0 Å². The standard InChI is InChI=1S/C26H28O9/c1-2-24(27)31-19-7-5-3-4-6-8-20-9-11-21(12-10-20)13-18-25(28)32-23-16-14-22(15-17-23)26(29)33-35-34-30/h2,9-18,30H,1,3-8,19H2. The van der Waals surface area contributed by atoms with E-state index in [-0.39, 0.29) is 17.3 Å². The van der Waals surface area contributed by atoms with Gasteiger partial charge in [-0.1, -0.05) is 50.1 Å². The van der Waals surface area contributed by atoms with Crippen molar-refractivity contribution in [3.63, 3.8) is 0 Å². The van der Waals surface area contributed by atoms with Crippen LogP contribution in [0.2, 0.25) is 0 Å². The molecule has 0 saturated carbocycles. The molecule has 0 amide bonds. The van der Waals surface area contributed by atoms with Gasteiger partial charge in [0, 0.05) is 17.2 Å². The normalized spacial score (nSPS) is 10.7. The Balaban J connectivity index is 1.67. The smallest absolute Gasteiger partial charge is 0.376 e. The van der Waals surface area contributed by atoms with Gasteiger partial charge in [-0.3, -0.25) is 4.89 Å². The lowest BCUT2D eigenvalue weighted by Crippen LogP contribution is -2.07. The van der Waals surface area contributed by atoms with E-state index in [0.29, 0.717) is 6.61 Å². The van der Waals surface area contributed by atoms with E-state index >= 15 is 0 Å². The Hall–Kier alpha value is -3.79. The lowest BCUT2D eigenvalue weighted by molar-refractivity contribution is -0.603. The van der Waals surface area contributed by atoms with Gasteiger partial charge < -0.3 is 9.47 Å². The summed E-state index contributed by atoms with van der Waals surface area (Å²) < 4.78 is 10.1. The van der Waals surface area contributed by atoms with E-state index in [0.717, 1.165) is 44.1 Å². The summed E-state index contributed by atoms with van der Waals surface area (Å²) in [6.45, 7) is 3.80. The molecule has 0 radical (unpaired) electrons. The van der Waals surface area contributed by atoms with E-state index < -0.39 is 11.9 Å². The molecule has 0 fully saturated rings. The van der Waals surface area contributed by atoms with Gasteiger partial charge in [-0.05, 0) is 65.8 Å². The van der Waals surface area contributed by atoms with Crippen LogP contribution < -0.4 is 4.74 Å². The Labute approximate surface area is 203 Å². The van der Waals surface area contributed by atoms with Crippen molar-refractivity contribution in [3.05, 3.63) is 84.0 Å². The van der Waals surface area contributed by atoms with Crippen molar-refractivity contribution in [2.45, 2.75) is 38.5 Å². The number of rotatable bonds is 15. The third kappa shape index (κ3) is 11.3. The molecule has 0 aliphatic rings. The summed E-state index contributed by atoms with van der Waals surface area (Å²) in [6.07, 6.45) is 10.3. The number of hydrogen-bond donors (Lipinski definition) is 1. The zero-order valence-electron chi connectivity index (χ0n) is 19.2. The first kappa shape index (κ1) is 27.5. The number of hydrogen-bond acceptors (Lipinski definition) is 9. The van der Waals surface area contributed by atoms with Gasteiger partial charge >= 0.3 is 17.9 Å². The molecule has 2 aromatic rings. The van der Waals surface area contributed by atoms with E-state index in [2.05, 4.69) is 21.5 Å². The number of benzene rings is 2. The SMILES string of the molecule is C=CC(=O)OCCCCCCCc1ccc(C=CC(=O)Oc2ccc(C(=O)OOOO)cc2)cc1. The third-order valence-electron chi connectivity index (χ3n) is 4.86. The maximum atomic E-state index is 12.0. The molecule has 9 nitrogen and oxygen atoms in total. The maximum Gasteiger partial charge on any atom is 0.376 e. The van der Waals surface area contributed by atoms with Crippen molar-refractivity contribution in [1.82, 2.24) is 0 Å². The highest BCUT2D eigenvalue weighted by Gasteiger charge is 2.10. The summed E-state index contributed by atoms with van der Waals surface area (Å²) in [5.41, 5.74) is 2.19. The molecule has 1 N–H and O–H groups in total. The molecule has 9 heteroatoms. The lowest BCUT2D eigenvalue weighted by Gasteiger charge is -2.04. The molecule has 0 aromatic heterocycles. The minimum atomic E-state index is -0.899. The summed E-state index contributed by atoms with van der Waals surface area (Å²) in [5.74, 6) is -1.60. The van der Waals surface area contributed by atoms with Crippen molar-refractivity contribution in [3.8, 4) is 5.75 Å². The van der Waals surface area contributed by atoms with Crippen LogP contribution in [0.5, 0.6) is 5.75 Å². The van der Waals surface area contributed by atoms with Gasteiger partial charge in [0.15, 0.2) is 0 Å². The van der Waals surface area contributed by atoms with Gasteiger partial charge in [0.05, 0.1) is 12.2 Å². The highest BCUT2D eigenvalue weighted by molar-refractivity contribution is 5.90. The Morgan fingerprint density at radius 2 is 1.54 bits per heavy atom. The Bertz CT molecular complexity index is 979. The van der Waals surface area contributed by atoms with E-state index in [4.69, 9.17) is 14.7 Å². The highest BCUT2D eigenvalue weighted by atomic mass is 17.6. The van der Waals surface area contributed by atoms with Gasteiger partial charge in [-0.15, -0.1) is 0 Å². The molecular formula is C26H28O9. The summed E-state index contributed by atoms with van der Waals surface area (Å²) >= 11 is 0. The van der Waals surface area contributed by atoms with Crippen LogP contribution in [0.3, 0.4) is 0 Å². The Morgan fingerprint density at radius 1 is 0.857 bits per heavy atom. The molecule has 2 aromatic carbocycles. The van der Waals surface area contributed by atoms with E-state index in [1.165, 1.54) is 42.0 Å². The fourth-order valence-corrected chi connectivity index (χ4v) is 3.06. The van der Waals surface area contributed by atoms with Gasteiger partial charge in [-0.2, -0.15) is 0 Å². The number of carbonyl (C=O) groups is 3. The van der Waals surface area contributed by atoms with Crippen LogP contribution in [-0.4, -0.2) is 29.8 Å². The van der Waals surface area contributed by atoms with Crippen LogP contribution in [-0.2, 0) is 35.7 Å². The minimum absolute atomic E-state index is 0.101. The summed E-state index contributed by atoms with van der Waals surface area (Å²) in [6, 6.07) is 13.5. The molecule has 0 unspecified atom stereocenters. The molecule has 2 rings (SSSR count). The van der Waals surface area contributed by atoms with Crippen LogP contribution in [0.4, 0.5) is 0 Å². The summed E-state index contributed by atoms with van der Waals surface area (Å²) in [5, 5.41) is 14.8. The summed E-state index contributed by atoms with van der Waals surface area (Å²) in [7, 11) is 0. The topological polar surface area (TPSA) is 118 Å². The number of ether oxygens (including phenoxy) is 2. The lowest BCUT2D eigenvalue weighted by atomic mass is 10.0. The van der Waals surface area contributed by atoms with Crippen molar-refractivity contribution < 1.29 is 44.1 Å². The molecule has 0 heterocycles. The Morgan fingerprint density at radius 3 is 2.23 bits per heavy atom. The average Bonchev–Trinajstić information content (AvgIpc) is 2.88. The van der Waals surface area contributed by atoms with Crippen molar-refractivity contribution in [2.75, 3.05) is 6.61 Å². The quantitative estimate of drug-likeness (QED) is 0.0928. The molecule has 0 saturated heterocycles. The molecule has 0 aliphatic heterocycles. The van der Waals surface area contributed by atoms with Crippen molar-refractivity contribution >= 4 is 24.0 Å². The molecule has 0 spiro atoms. The van der Waals surface area contributed by atoms with Gasteiger partial charge in [0.1, 0.15) is 5.75 Å². The number of unbranched alkanes of at least 4 members (excludes halogenated alkanes) is 4. The van der Waals surface area contributed by atoms with Crippen molar-refractivity contribution in [1.29, 1.82) is 0 Å². The van der Waals surface area contributed by atoms with Gasteiger partial charge in [0.25, 0.3) is 0 Å². The third-order valence-corrected chi connectivity index (χ3v) is 4.86. The zero-order chi connectivity index (χ0) is 25.3. The predicted molar refractivity (Wildman–Crippen MR) is 126 cm³/mol. The largest absolute Gasteiger partial charge is 0.463 e. The van der Waals surface area contributed by atoms with E-state index in [9.17, 15) is 14.4 Å². The van der Waals surface area contributed by atoms with Gasteiger partial charge in [-0.25, -0.2) is 19.6 Å². The van der Waals surface area contributed by atoms with E-state index in [1.54, 1.807) is 6.08 Å². The maximum absolute atomic E-state index is 12.0. The fraction of sp³-hybridized carbons (Fsp3) is 0.269. The number of aryl methyl sites for hydroxylation is 1. The average molecular weight is 485 g/mol. The monoisotopic (exact) mass is 484 g/mol. The first-order chi connectivity index (χ1) is 17.0. The second-order valence-electron chi connectivity index (χ2n) is 7.42. The van der Waals surface area contributed by atoms with Crippen LogP contribution in [0, 0.1) is 0 Å². The predicted octanol–water partition coefficient (Wildman–Crippen LogP) is 5.02. The summed E-state index contributed by atoms with van der Waals surface area (Å²) in [4.78, 5) is 38.6. The number of esters is 2. The first-order valence-electron chi connectivity index (χ1n) is 11.1. The van der Waals surface area contributed by atoms with Crippen LogP contribution in [0.15, 0.2) is 67.3 Å². The second kappa shape index (κ2) is 15.9. The fourth-order valence-electron chi connectivity index (χ4n) is 3.06. The molecule has 0 aliphatic carbocycles. The van der Waals surface area contributed by atoms with Crippen LogP contribution >= 0.6 is 0 Å². The molecule has 186 valence electrons. The Kier molecular flexibility index (Phi) is 12.5. The van der Waals surface area contributed by atoms with Crippen LogP contribution in [0.25, 0.3) is 6.08 Å². The minimum Gasteiger partial charge on any atom is -0.463 e. The molecule has 35 heavy (non-hydrogen) atoms. The highest BCUT2D eigenvalue weighted by Crippen LogP contribution is 2.15. The molecular weight excluding hydrogens is 456 g/mol. The second-order valence-corrected chi connectivity index (χ2v) is 7.42. The van der Waals surface area contributed by atoms with Crippen LogP contribution in [0.1, 0.15) is 53.6 Å². The zero-order valence-corrected chi connectivity index (χ0v) is 19.2. The van der Waals surface area contributed by atoms with Crippen molar-refractivity contribution in [2.24, 2.45) is 0 Å². The molecule has 0 atom stereocenters.